The first-order valence-corrected chi connectivity index (χ1v) is 15.9. The summed E-state index contributed by atoms with van der Waals surface area (Å²) in [5, 5.41) is 10.2. The van der Waals surface area contributed by atoms with Crippen molar-refractivity contribution in [2.75, 3.05) is 0 Å². The quantitative estimate of drug-likeness (QED) is 0.215. The predicted molar refractivity (Wildman–Crippen MR) is 179 cm³/mol. The van der Waals surface area contributed by atoms with Crippen molar-refractivity contribution in [2.45, 2.75) is 51.4 Å². The third-order valence-electron chi connectivity index (χ3n) is 9.11. The first-order valence-electron chi connectivity index (χ1n) is 15.9. The molecule has 12 heteroatoms. The van der Waals surface area contributed by atoms with Crippen LogP contribution in [0, 0.1) is 0 Å². The van der Waals surface area contributed by atoms with Gasteiger partial charge in [-0.3, -0.25) is 39.0 Å². The molecule has 1 fully saturated rings. The van der Waals surface area contributed by atoms with E-state index in [1.54, 1.807) is 6.20 Å². The van der Waals surface area contributed by atoms with Crippen LogP contribution in [0.5, 0.6) is 0 Å². The number of benzene rings is 3. The number of amides is 6. The molecule has 1 saturated heterocycles. The highest BCUT2D eigenvalue weighted by atomic mass is 16.2. The van der Waals surface area contributed by atoms with Crippen molar-refractivity contribution < 1.29 is 28.8 Å². The third kappa shape index (κ3) is 5.71. The van der Waals surface area contributed by atoms with Gasteiger partial charge in [0.1, 0.15) is 18.2 Å². The first-order chi connectivity index (χ1) is 23.5. The molecule has 246 valence electrons. The fourth-order valence-corrected chi connectivity index (χ4v) is 6.57. The van der Waals surface area contributed by atoms with Gasteiger partial charge in [0.25, 0.3) is 17.7 Å². The summed E-state index contributed by atoms with van der Waals surface area (Å²) in [6, 6.07) is 22.4. The molecule has 3 aromatic carbocycles. The van der Waals surface area contributed by atoms with E-state index >= 15 is 0 Å². The molecule has 49 heavy (non-hydrogen) atoms. The number of rotatable bonds is 8. The summed E-state index contributed by atoms with van der Waals surface area (Å²) in [4.78, 5) is 81.7. The number of para-hydroxylation sites is 1. The maximum Gasteiger partial charge on any atom is 0.262 e. The summed E-state index contributed by atoms with van der Waals surface area (Å²) < 4.78 is 1.92. The molecule has 0 spiro atoms. The van der Waals surface area contributed by atoms with Gasteiger partial charge < -0.3 is 15.2 Å². The van der Waals surface area contributed by atoms with Crippen molar-refractivity contribution in [2.24, 2.45) is 0 Å². The molecule has 5 aromatic rings. The zero-order chi connectivity index (χ0) is 34.4. The second-order valence-electron chi connectivity index (χ2n) is 12.7. The molecular formula is C37H32N6O6. The Morgan fingerprint density at radius 1 is 0.898 bits per heavy atom. The number of imide groups is 2. The lowest BCUT2D eigenvalue weighted by molar-refractivity contribution is -0.136. The summed E-state index contributed by atoms with van der Waals surface area (Å²) in [6.07, 6.45) is 1.79. The molecule has 0 saturated carbocycles. The maximum atomic E-state index is 13.3. The monoisotopic (exact) mass is 656 g/mol. The Morgan fingerprint density at radius 3 is 2.41 bits per heavy atom. The molecule has 3 N–H and O–H groups in total. The second kappa shape index (κ2) is 12.1. The number of hydrogen-bond acceptors (Lipinski definition) is 7. The van der Waals surface area contributed by atoms with Gasteiger partial charge >= 0.3 is 0 Å². The Balaban J connectivity index is 0.983. The smallest absolute Gasteiger partial charge is 0.262 e. The Labute approximate surface area is 280 Å². The number of nitrogens with zero attached hydrogens (tertiary/aromatic N) is 3. The molecule has 4 heterocycles. The number of carbonyl (C=O) groups is 6. The normalized spacial score (nSPS) is 16.2. The molecule has 0 radical (unpaired) electrons. The van der Waals surface area contributed by atoms with Crippen molar-refractivity contribution in [3.8, 4) is 0 Å². The van der Waals surface area contributed by atoms with Crippen molar-refractivity contribution >= 4 is 57.4 Å². The van der Waals surface area contributed by atoms with Gasteiger partial charge in [-0.1, -0.05) is 42.5 Å². The van der Waals surface area contributed by atoms with E-state index in [1.807, 2.05) is 79.1 Å². The largest absolute Gasteiger partial charge is 0.348 e. The summed E-state index contributed by atoms with van der Waals surface area (Å²) in [5.74, 6) is -3.07. The highest BCUT2D eigenvalue weighted by Crippen LogP contribution is 2.29. The van der Waals surface area contributed by atoms with Crippen LogP contribution in [0.15, 0.2) is 85.1 Å². The standard InChI is InChI=1S/C37H32N6O6/c1-37(2,41-31(45)20-42-28-8-4-3-6-24(28)25-7-5-17-38-32(25)42)23-12-9-21(10-13-23)19-39-33(46)22-11-14-26-27(18-22)36(49)43(35(26)48)29-15-16-30(44)40-34(29)47/h3-14,17-18,29H,15-16,19-20H2,1-2H3,(H,39,46)(H,41,45)(H,40,44,47). The van der Waals surface area contributed by atoms with E-state index in [2.05, 4.69) is 20.9 Å². The SMILES string of the molecule is CC(C)(NC(=O)Cn1c2ccccc2c2cccnc21)c1ccc(CNC(=O)c2ccc3c(c2)C(=O)N(C2CCC(=O)NC2=O)C3=O)cc1. The van der Waals surface area contributed by atoms with E-state index in [0.29, 0.717) is 0 Å². The summed E-state index contributed by atoms with van der Waals surface area (Å²) >= 11 is 0. The fraction of sp³-hybridized carbons (Fsp3) is 0.216. The minimum Gasteiger partial charge on any atom is -0.348 e. The topological polar surface area (TPSA) is 160 Å². The van der Waals surface area contributed by atoms with Crippen molar-refractivity contribution in [1.29, 1.82) is 0 Å². The van der Waals surface area contributed by atoms with Crippen LogP contribution in [-0.4, -0.2) is 55.9 Å². The summed E-state index contributed by atoms with van der Waals surface area (Å²) in [7, 11) is 0. The molecule has 2 aliphatic heterocycles. The van der Waals surface area contributed by atoms with Gasteiger partial charge in [0.2, 0.25) is 17.7 Å². The summed E-state index contributed by atoms with van der Waals surface area (Å²) in [5.41, 5.74) is 2.99. The van der Waals surface area contributed by atoms with Gasteiger partial charge in [-0.05, 0) is 67.8 Å². The average molecular weight is 657 g/mol. The van der Waals surface area contributed by atoms with E-state index in [9.17, 15) is 28.8 Å². The Hall–Kier alpha value is -6.17. The lowest BCUT2D eigenvalue weighted by atomic mass is 9.93. The Kier molecular flexibility index (Phi) is 7.78. The van der Waals surface area contributed by atoms with Gasteiger partial charge in [0.05, 0.1) is 22.2 Å². The minimum absolute atomic E-state index is 0.0200. The molecule has 1 atom stereocenters. The highest BCUT2D eigenvalue weighted by Gasteiger charge is 2.44. The first kappa shape index (κ1) is 31.4. The molecule has 2 aliphatic rings. The van der Waals surface area contributed by atoms with Crippen molar-refractivity contribution in [3.05, 3.63) is 113 Å². The van der Waals surface area contributed by atoms with E-state index in [1.165, 1.54) is 18.2 Å². The molecule has 7 rings (SSSR count). The van der Waals surface area contributed by atoms with Crippen LogP contribution in [0.3, 0.4) is 0 Å². The number of nitrogens with one attached hydrogen (secondary N) is 3. The van der Waals surface area contributed by atoms with Crippen LogP contribution in [0.4, 0.5) is 0 Å². The van der Waals surface area contributed by atoms with E-state index in [0.717, 1.165) is 38.0 Å². The van der Waals surface area contributed by atoms with E-state index < -0.39 is 41.1 Å². The Bertz CT molecular complexity index is 2170. The van der Waals surface area contributed by atoms with Crippen molar-refractivity contribution in [3.63, 3.8) is 0 Å². The average Bonchev–Trinajstić information content (AvgIpc) is 3.53. The lowest BCUT2D eigenvalue weighted by Crippen LogP contribution is -2.54. The Morgan fingerprint density at radius 2 is 1.63 bits per heavy atom. The van der Waals surface area contributed by atoms with Crippen LogP contribution in [-0.2, 0) is 33.0 Å². The van der Waals surface area contributed by atoms with Gasteiger partial charge in [-0.15, -0.1) is 0 Å². The molecule has 12 nitrogen and oxygen atoms in total. The zero-order valence-electron chi connectivity index (χ0n) is 26.8. The highest BCUT2D eigenvalue weighted by molar-refractivity contribution is 6.24. The van der Waals surface area contributed by atoms with Gasteiger partial charge in [0.15, 0.2) is 0 Å². The molecule has 2 aromatic heterocycles. The van der Waals surface area contributed by atoms with Gasteiger partial charge in [-0.25, -0.2) is 4.98 Å². The van der Waals surface area contributed by atoms with Crippen molar-refractivity contribution in [1.82, 2.24) is 30.4 Å². The maximum absolute atomic E-state index is 13.3. The number of pyridine rings is 1. The van der Waals surface area contributed by atoms with E-state index in [-0.39, 0.29) is 48.5 Å². The van der Waals surface area contributed by atoms with Crippen LogP contribution < -0.4 is 16.0 Å². The van der Waals surface area contributed by atoms with Crippen LogP contribution >= 0.6 is 0 Å². The number of piperidine rings is 1. The van der Waals surface area contributed by atoms with E-state index in [4.69, 9.17) is 0 Å². The minimum atomic E-state index is -1.08. The van der Waals surface area contributed by atoms with Crippen LogP contribution in [0.25, 0.3) is 21.9 Å². The molecule has 0 aliphatic carbocycles. The molecule has 6 amide bonds. The molecule has 0 bridgehead atoms. The molecule has 1 unspecified atom stereocenters. The number of aromatic nitrogens is 2. The van der Waals surface area contributed by atoms with Gasteiger partial charge in [0, 0.05) is 35.5 Å². The zero-order valence-corrected chi connectivity index (χ0v) is 26.8. The second-order valence-corrected chi connectivity index (χ2v) is 12.7. The summed E-state index contributed by atoms with van der Waals surface area (Å²) in [6.45, 7) is 4.14. The predicted octanol–water partition coefficient (Wildman–Crippen LogP) is 3.57. The van der Waals surface area contributed by atoms with Gasteiger partial charge in [-0.2, -0.15) is 0 Å². The van der Waals surface area contributed by atoms with Crippen LogP contribution in [0.1, 0.15) is 68.9 Å². The number of carbonyl (C=O) groups excluding carboxylic acids is 6. The lowest BCUT2D eigenvalue weighted by Gasteiger charge is -2.27. The van der Waals surface area contributed by atoms with Crippen LogP contribution in [0.2, 0.25) is 0 Å². The number of fused-ring (bicyclic) bond motifs is 4. The number of hydrogen-bond donors (Lipinski definition) is 3. The third-order valence-corrected chi connectivity index (χ3v) is 9.11. The molecular weight excluding hydrogens is 624 g/mol. The fourth-order valence-electron chi connectivity index (χ4n) is 6.57.